The van der Waals surface area contributed by atoms with Crippen molar-refractivity contribution in [2.75, 3.05) is 6.61 Å². The molecule has 1 aromatic heterocycles. The first-order chi connectivity index (χ1) is 12.7. The molecule has 0 bridgehead atoms. The van der Waals surface area contributed by atoms with Crippen molar-refractivity contribution in [3.63, 3.8) is 0 Å². The van der Waals surface area contributed by atoms with Crippen LogP contribution in [0.5, 0.6) is 5.75 Å². The van der Waals surface area contributed by atoms with Crippen molar-refractivity contribution < 1.29 is 9.53 Å². The Morgan fingerprint density at radius 2 is 2.04 bits per heavy atom. The monoisotopic (exact) mass is 368 g/mol. The molecule has 4 rings (SSSR count). The summed E-state index contributed by atoms with van der Waals surface area (Å²) < 4.78 is 7.79. The third-order valence-electron chi connectivity index (χ3n) is 4.64. The third kappa shape index (κ3) is 3.29. The molecule has 26 heavy (non-hydrogen) atoms. The summed E-state index contributed by atoms with van der Waals surface area (Å²) in [5.74, 6) is 0.751. The zero-order chi connectivity index (χ0) is 18.1. The molecule has 0 unspecified atom stereocenters. The van der Waals surface area contributed by atoms with Crippen LogP contribution in [-0.4, -0.2) is 23.1 Å². The molecule has 0 atom stereocenters. The van der Waals surface area contributed by atoms with Crippen LogP contribution >= 0.6 is 11.6 Å². The lowest BCUT2D eigenvalue weighted by Crippen LogP contribution is -2.27. The van der Waals surface area contributed by atoms with Gasteiger partial charge in [-0.2, -0.15) is 0 Å². The van der Waals surface area contributed by atoms with E-state index in [4.69, 9.17) is 16.3 Å². The van der Waals surface area contributed by atoms with Crippen molar-refractivity contribution in [2.45, 2.75) is 32.4 Å². The van der Waals surface area contributed by atoms with Crippen molar-refractivity contribution in [1.82, 2.24) is 9.88 Å². The number of fused-ring (bicyclic) bond motifs is 1. The van der Waals surface area contributed by atoms with Gasteiger partial charge in [0.15, 0.2) is 0 Å². The van der Waals surface area contributed by atoms with Gasteiger partial charge in [0.1, 0.15) is 11.4 Å². The number of amides is 1. The van der Waals surface area contributed by atoms with Gasteiger partial charge in [0.25, 0.3) is 5.91 Å². The smallest absolute Gasteiger partial charge is 0.268 e. The van der Waals surface area contributed by atoms with E-state index < -0.39 is 0 Å². The zero-order valence-electron chi connectivity index (χ0n) is 14.7. The maximum absolute atomic E-state index is 12.8. The third-order valence-corrected chi connectivity index (χ3v) is 5.01. The first-order valence-electron chi connectivity index (χ1n) is 8.96. The van der Waals surface area contributed by atoms with Crippen molar-refractivity contribution >= 4 is 28.4 Å². The molecule has 1 amide bonds. The Balaban J connectivity index is 1.82. The van der Waals surface area contributed by atoms with Crippen LogP contribution in [0, 0.1) is 0 Å². The highest BCUT2D eigenvalue weighted by molar-refractivity contribution is 6.31. The van der Waals surface area contributed by atoms with E-state index in [1.165, 1.54) is 0 Å². The average molecular weight is 369 g/mol. The summed E-state index contributed by atoms with van der Waals surface area (Å²) in [7, 11) is 0. The molecule has 1 aliphatic rings. The lowest BCUT2D eigenvalue weighted by molar-refractivity contribution is 0.0942. The molecule has 1 N–H and O–H groups in total. The minimum Gasteiger partial charge on any atom is -0.493 e. The van der Waals surface area contributed by atoms with Gasteiger partial charge >= 0.3 is 0 Å². The number of ether oxygens (including phenoxy) is 1. The van der Waals surface area contributed by atoms with E-state index in [2.05, 4.69) is 5.32 Å². The summed E-state index contributed by atoms with van der Waals surface area (Å²) in [5.41, 5.74) is 2.59. The normalized spacial score (nSPS) is 13.8. The largest absolute Gasteiger partial charge is 0.493 e. The van der Waals surface area contributed by atoms with Crippen LogP contribution in [0.1, 0.15) is 35.8 Å². The van der Waals surface area contributed by atoms with E-state index in [1.807, 2.05) is 60.0 Å². The van der Waals surface area contributed by atoms with Gasteiger partial charge in [-0.15, -0.1) is 0 Å². The molecule has 0 radical (unpaired) electrons. The summed E-state index contributed by atoms with van der Waals surface area (Å²) in [4.78, 5) is 12.8. The van der Waals surface area contributed by atoms with Crippen LogP contribution in [0.15, 0.2) is 48.5 Å². The molecule has 1 fully saturated rings. The number of carbonyl (C=O) groups is 1. The number of carbonyl (C=O) groups excluding carboxylic acids is 1. The molecule has 4 nitrogen and oxygen atoms in total. The standard InChI is InChI=1S/C21H21ClN2O2/c1-2-26-20-9-5-8-18-16(20)12-19(21(25)23-15-10-11-15)24(18)13-14-6-3-4-7-17(14)22/h3-9,12,15H,2,10-11,13H2,1H3,(H,23,25). The molecular formula is C21H21ClN2O2. The predicted octanol–water partition coefficient (Wildman–Crippen LogP) is 4.63. The average Bonchev–Trinajstić information content (AvgIpc) is 3.37. The molecule has 1 saturated carbocycles. The highest BCUT2D eigenvalue weighted by atomic mass is 35.5. The van der Waals surface area contributed by atoms with Crippen LogP contribution in [0.2, 0.25) is 5.02 Å². The van der Waals surface area contributed by atoms with E-state index in [0.29, 0.717) is 29.9 Å². The zero-order valence-corrected chi connectivity index (χ0v) is 15.4. The quantitative estimate of drug-likeness (QED) is 0.689. The fourth-order valence-corrected chi connectivity index (χ4v) is 3.38. The van der Waals surface area contributed by atoms with Crippen LogP contribution in [0.3, 0.4) is 0 Å². The van der Waals surface area contributed by atoms with Gasteiger partial charge in [0.2, 0.25) is 0 Å². The number of halogens is 1. The molecule has 134 valence electrons. The minimum atomic E-state index is -0.0433. The SMILES string of the molecule is CCOc1cccc2c1cc(C(=O)NC1CC1)n2Cc1ccccc1Cl. The van der Waals surface area contributed by atoms with Crippen LogP contribution in [0.4, 0.5) is 0 Å². The number of nitrogens with one attached hydrogen (secondary N) is 1. The maximum Gasteiger partial charge on any atom is 0.268 e. The van der Waals surface area contributed by atoms with E-state index in [-0.39, 0.29) is 5.91 Å². The van der Waals surface area contributed by atoms with Gasteiger partial charge in [-0.25, -0.2) is 0 Å². The molecule has 1 aliphatic carbocycles. The fraction of sp³-hybridized carbons (Fsp3) is 0.286. The van der Waals surface area contributed by atoms with E-state index >= 15 is 0 Å². The number of aromatic nitrogens is 1. The van der Waals surface area contributed by atoms with Crippen LogP contribution < -0.4 is 10.1 Å². The van der Waals surface area contributed by atoms with Gasteiger partial charge in [0, 0.05) is 23.0 Å². The summed E-state index contributed by atoms with van der Waals surface area (Å²) in [5, 5.41) is 4.73. The molecule has 1 heterocycles. The minimum absolute atomic E-state index is 0.0433. The topological polar surface area (TPSA) is 43.3 Å². The molecule has 2 aromatic carbocycles. The number of rotatable bonds is 6. The maximum atomic E-state index is 12.8. The van der Waals surface area contributed by atoms with E-state index in [9.17, 15) is 4.79 Å². The van der Waals surface area contributed by atoms with Gasteiger partial charge in [-0.05, 0) is 49.6 Å². The Bertz CT molecular complexity index is 960. The second-order valence-electron chi connectivity index (χ2n) is 6.58. The van der Waals surface area contributed by atoms with Crippen molar-refractivity contribution in [1.29, 1.82) is 0 Å². The molecule has 3 aromatic rings. The number of hydrogen-bond acceptors (Lipinski definition) is 2. The van der Waals surface area contributed by atoms with Crippen molar-refractivity contribution in [3.05, 3.63) is 64.8 Å². The predicted molar refractivity (Wildman–Crippen MR) is 104 cm³/mol. The van der Waals surface area contributed by atoms with Gasteiger partial charge in [-0.1, -0.05) is 35.9 Å². The van der Waals surface area contributed by atoms with Crippen molar-refractivity contribution in [2.24, 2.45) is 0 Å². The Labute approximate surface area is 157 Å². The fourth-order valence-electron chi connectivity index (χ4n) is 3.18. The van der Waals surface area contributed by atoms with Crippen LogP contribution in [-0.2, 0) is 6.54 Å². The second-order valence-corrected chi connectivity index (χ2v) is 6.98. The Morgan fingerprint density at radius 1 is 1.23 bits per heavy atom. The summed E-state index contributed by atoms with van der Waals surface area (Å²) in [6, 6.07) is 15.9. The van der Waals surface area contributed by atoms with Gasteiger partial charge in [0.05, 0.1) is 12.1 Å². The first kappa shape index (κ1) is 17.0. The van der Waals surface area contributed by atoms with Crippen molar-refractivity contribution in [3.8, 4) is 5.75 Å². The lowest BCUT2D eigenvalue weighted by atomic mass is 10.2. The van der Waals surface area contributed by atoms with Gasteiger partial charge in [-0.3, -0.25) is 4.79 Å². The summed E-state index contributed by atoms with van der Waals surface area (Å²) >= 11 is 6.36. The highest BCUT2D eigenvalue weighted by Crippen LogP contribution is 2.31. The van der Waals surface area contributed by atoms with Crippen LogP contribution in [0.25, 0.3) is 10.9 Å². The molecule has 0 aliphatic heterocycles. The molecule has 0 spiro atoms. The summed E-state index contributed by atoms with van der Waals surface area (Å²) in [6.07, 6.45) is 2.11. The lowest BCUT2D eigenvalue weighted by Gasteiger charge is -2.12. The second kappa shape index (κ2) is 7.04. The molecule has 5 heteroatoms. The first-order valence-corrected chi connectivity index (χ1v) is 9.34. The Hall–Kier alpha value is -2.46. The number of hydrogen-bond donors (Lipinski definition) is 1. The van der Waals surface area contributed by atoms with E-state index in [1.54, 1.807) is 0 Å². The molecule has 0 saturated heterocycles. The Morgan fingerprint density at radius 3 is 2.77 bits per heavy atom. The molecular weight excluding hydrogens is 348 g/mol. The Kier molecular flexibility index (Phi) is 4.60. The number of benzene rings is 2. The van der Waals surface area contributed by atoms with Gasteiger partial charge < -0.3 is 14.6 Å². The summed E-state index contributed by atoms with van der Waals surface area (Å²) in [6.45, 7) is 3.07. The van der Waals surface area contributed by atoms with E-state index in [0.717, 1.165) is 35.1 Å². The number of nitrogens with zero attached hydrogens (tertiary/aromatic N) is 1. The highest BCUT2D eigenvalue weighted by Gasteiger charge is 2.26.